The molecule has 0 aliphatic carbocycles. The second kappa shape index (κ2) is 10.3. The van der Waals surface area contributed by atoms with E-state index in [-0.39, 0.29) is 31.3 Å². The smallest absolute Gasteiger partial charge is 0.251 e. The predicted molar refractivity (Wildman–Crippen MR) is 87.9 cm³/mol. The minimum Gasteiger partial charge on any atom is -0.383 e. The van der Waals surface area contributed by atoms with Crippen LogP contribution in [-0.4, -0.2) is 71.5 Å². The molecule has 0 spiro atoms. The standard InChI is InChI=1S/C15H24N2O5S/c1-21-11-9-17(10-12-22-2)23(19,20)13-8-16-15(18)14-6-4-3-5-7-14/h3-7H,8-13H2,1-2H3,(H,16,18). The molecule has 0 aromatic heterocycles. The highest BCUT2D eigenvalue weighted by molar-refractivity contribution is 7.89. The number of nitrogens with zero attached hydrogens (tertiary/aromatic N) is 1. The van der Waals surface area contributed by atoms with Crippen LogP contribution in [0.25, 0.3) is 0 Å². The number of hydrogen-bond acceptors (Lipinski definition) is 5. The van der Waals surface area contributed by atoms with E-state index in [1.54, 1.807) is 24.3 Å². The fraction of sp³-hybridized carbons (Fsp3) is 0.533. The molecule has 0 saturated carbocycles. The van der Waals surface area contributed by atoms with Crippen molar-refractivity contribution >= 4 is 15.9 Å². The highest BCUT2D eigenvalue weighted by Gasteiger charge is 2.21. The van der Waals surface area contributed by atoms with E-state index in [4.69, 9.17) is 9.47 Å². The summed E-state index contributed by atoms with van der Waals surface area (Å²) in [5.41, 5.74) is 0.500. The minimum absolute atomic E-state index is 0.0481. The Balaban J connectivity index is 2.53. The van der Waals surface area contributed by atoms with Gasteiger partial charge in [-0.05, 0) is 12.1 Å². The van der Waals surface area contributed by atoms with Gasteiger partial charge in [-0.25, -0.2) is 8.42 Å². The lowest BCUT2D eigenvalue weighted by molar-refractivity contribution is 0.0956. The second-order valence-electron chi connectivity index (χ2n) is 4.82. The molecule has 1 N–H and O–H groups in total. The van der Waals surface area contributed by atoms with Crippen molar-refractivity contribution in [3.63, 3.8) is 0 Å². The third-order valence-corrected chi connectivity index (χ3v) is 5.04. The summed E-state index contributed by atoms with van der Waals surface area (Å²) in [4.78, 5) is 11.9. The van der Waals surface area contributed by atoms with Crippen LogP contribution in [0.2, 0.25) is 0 Å². The summed E-state index contributed by atoms with van der Waals surface area (Å²) in [5.74, 6) is -0.458. The maximum absolute atomic E-state index is 12.3. The molecule has 0 radical (unpaired) electrons. The summed E-state index contributed by atoms with van der Waals surface area (Å²) in [6, 6.07) is 8.66. The number of hydrogen-bond donors (Lipinski definition) is 1. The lowest BCUT2D eigenvalue weighted by Gasteiger charge is -2.21. The number of sulfonamides is 1. The summed E-state index contributed by atoms with van der Waals surface area (Å²) in [6.45, 7) is 1.18. The van der Waals surface area contributed by atoms with Crippen LogP contribution in [0.1, 0.15) is 10.4 Å². The monoisotopic (exact) mass is 344 g/mol. The number of benzene rings is 1. The molecule has 0 heterocycles. The van der Waals surface area contributed by atoms with Gasteiger partial charge < -0.3 is 14.8 Å². The largest absolute Gasteiger partial charge is 0.383 e. The van der Waals surface area contributed by atoms with Crippen LogP contribution in [0.3, 0.4) is 0 Å². The zero-order valence-corrected chi connectivity index (χ0v) is 14.3. The predicted octanol–water partition coefficient (Wildman–Crippen LogP) is 0.341. The van der Waals surface area contributed by atoms with Crippen LogP contribution < -0.4 is 5.32 Å². The number of methoxy groups -OCH3 is 2. The molecule has 0 bridgehead atoms. The molecular formula is C15H24N2O5S. The van der Waals surface area contributed by atoms with Gasteiger partial charge in [0.1, 0.15) is 0 Å². The number of nitrogens with one attached hydrogen (secondary N) is 1. The lowest BCUT2D eigenvalue weighted by Crippen LogP contribution is -2.41. The topological polar surface area (TPSA) is 84.9 Å². The highest BCUT2D eigenvalue weighted by atomic mass is 32.2. The number of rotatable bonds is 11. The number of ether oxygens (including phenoxy) is 2. The Kier molecular flexibility index (Phi) is 8.78. The number of amides is 1. The molecule has 1 rings (SSSR count). The normalized spacial score (nSPS) is 11.6. The van der Waals surface area contributed by atoms with Crippen molar-refractivity contribution in [1.29, 1.82) is 0 Å². The molecule has 23 heavy (non-hydrogen) atoms. The van der Waals surface area contributed by atoms with Gasteiger partial charge in [-0.2, -0.15) is 4.31 Å². The third-order valence-electron chi connectivity index (χ3n) is 3.16. The van der Waals surface area contributed by atoms with Crippen LogP contribution in [0, 0.1) is 0 Å². The van der Waals surface area contributed by atoms with Crippen LogP contribution in [0.15, 0.2) is 30.3 Å². The van der Waals surface area contributed by atoms with Crippen molar-refractivity contribution in [2.24, 2.45) is 0 Å². The second-order valence-corrected chi connectivity index (χ2v) is 6.91. The Morgan fingerprint density at radius 1 is 1.09 bits per heavy atom. The molecule has 0 fully saturated rings. The van der Waals surface area contributed by atoms with E-state index >= 15 is 0 Å². The molecule has 1 amide bonds. The summed E-state index contributed by atoms with van der Waals surface area (Å²) in [5, 5.41) is 2.61. The maximum Gasteiger partial charge on any atom is 0.251 e. The van der Waals surface area contributed by atoms with Crippen molar-refractivity contribution in [1.82, 2.24) is 9.62 Å². The highest BCUT2D eigenvalue weighted by Crippen LogP contribution is 2.02. The Hall–Kier alpha value is -1.48. The van der Waals surface area contributed by atoms with Crippen molar-refractivity contribution in [3.8, 4) is 0 Å². The summed E-state index contributed by atoms with van der Waals surface area (Å²) >= 11 is 0. The zero-order valence-electron chi connectivity index (χ0n) is 13.5. The van der Waals surface area contributed by atoms with Crippen LogP contribution >= 0.6 is 0 Å². The summed E-state index contributed by atoms with van der Waals surface area (Å²) in [6.07, 6.45) is 0. The van der Waals surface area contributed by atoms with Gasteiger partial charge in [-0.1, -0.05) is 18.2 Å². The molecule has 1 aromatic rings. The number of carbonyl (C=O) groups is 1. The quantitative estimate of drug-likeness (QED) is 0.626. The van der Waals surface area contributed by atoms with Gasteiger partial charge >= 0.3 is 0 Å². The molecule has 0 aliphatic rings. The molecule has 0 saturated heterocycles. The zero-order chi connectivity index (χ0) is 17.1. The van der Waals surface area contributed by atoms with E-state index in [9.17, 15) is 13.2 Å². The fourth-order valence-corrected chi connectivity index (χ4v) is 3.21. The first-order valence-electron chi connectivity index (χ1n) is 7.30. The Bertz CT molecular complexity index is 554. The molecular weight excluding hydrogens is 320 g/mol. The average Bonchev–Trinajstić information content (AvgIpc) is 2.55. The van der Waals surface area contributed by atoms with E-state index in [1.807, 2.05) is 6.07 Å². The first kappa shape index (κ1) is 19.6. The summed E-state index contributed by atoms with van der Waals surface area (Å²) in [7, 11) is -0.456. The fourth-order valence-electron chi connectivity index (χ4n) is 1.89. The molecule has 8 heteroatoms. The van der Waals surface area contributed by atoms with Gasteiger partial charge in [-0.3, -0.25) is 4.79 Å². The summed E-state index contributed by atoms with van der Waals surface area (Å²) < 4.78 is 35.8. The van der Waals surface area contributed by atoms with Gasteiger partial charge in [0.2, 0.25) is 10.0 Å². The Morgan fingerprint density at radius 3 is 2.17 bits per heavy atom. The van der Waals surface area contributed by atoms with Gasteiger partial charge in [-0.15, -0.1) is 0 Å². The maximum atomic E-state index is 12.3. The van der Waals surface area contributed by atoms with E-state index in [1.165, 1.54) is 18.5 Å². The van der Waals surface area contributed by atoms with Gasteiger partial charge in [0.25, 0.3) is 5.91 Å². The van der Waals surface area contributed by atoms with Crippen LogP contribution in [-0.2, 0) is 19.5 Å². The van der Waals surface area contributed by atoms with Crippen molar-refractivity contribution < 1.29 is 22.7 Å². The Morgan fingerprint density at radius 2 is 1.65 bits per heavy atom. The first-order valence-corrected chi connectivity index (χ1v) is 8.91. The van der Waals surface area contributed by atoms with E-state index in [2.05, 4.69) is 5.32 Å². The first-order chi connectivity index (χ1) is 11.0. The van der Waals surface area contributed by atoms with Gasteiger partial charge in [0, 0.05) is 39.4 Å². The molecule has 130 valence electrons. The van der Waals surface area contributed by atoms with E-state index in [0.717, 1.165) is 0 Å². The molecule has 0 atom stereocenters. The Labute approximate surface area is 137 Å². The van der Waals surface area contributed by atoms with Crippen molar-refractivity contribution in [2.75, 3.05) is 52.8 Å². The molecule has 0 aliphatic heterocycles. The van der Waals surface area contributed by atoms with E-state index in [0.29, 0.717) is 18.8 Å². The molecule has 7 nitrogen and oxygen atoms in total. The third kappa shape index (κ3) is 7.08. The number of carbonyl (C=O) groups excluding carboxylic acids is 1. The van der Waals surface area contributed by atoms with Gasteiger partial charge in [0.05, 0.1) is 19.0 Å². The van der Waals surface area contributed by atoms with E-state index < -0.39 is 10.0 Å². The average molecular weight is 344 g/mol. The lowest BCUT2D eigenvalue weighted by atomic mass is 10.2. The van der Waals surface area contributed by atoms with Crippen LogP contribution in [0.5, 0.6) is 0 Å². The van der Waals surface area contributed by atoms with Gasteiger partial charge in [0.15, 0.2) is 0 Å². The van der Waals surface area contributed by atoms with Crippen LogP contribution in [0.4, 0.5) is 0 Å². The molecule has 1 aromatic carbocycles. The van der Waals surface area contributed by atoms with Crippen molar-refractivity contribution in [3.05, 3.63) is 35.9 Å². The minimum atomic E-state index is -3.49. The SMILES string of the molecule is COCCN(CCOC)S(=O)(=O)CCNC(=O)c1ccccc1. The van der Waals surface area contributed by atoms with Crippen molar-refractivity contribution in [2.45, 2.75) is 0 Å². The molecule has 0 unspecified atom stereocenters.